The van der Waals surface area contributed by atoms with Crippen LogP contribution in [0.3, 0.4) is 0 Å². The molecule has 0 aliphatic heterocycles. The van der Waals surface area contributed by atoms with Gasteiger partial charge in [0, 0.05) is 37.7 Å². The Bertz CT molecular complexity index is 670. The maximum absolute atomic E-state index is 12.8. The van der Waals surface area contributed by atoms with Gasteiger partial charge in [-0.3, -0.25) is 4.98 Å². The summed E-state index contributed by atoms with van der Waals surface area (Å²) in [6, 6.07) is 11.8. The zero-order chi connectivity index (χ0) is 18.2. The number of carbonyl (C=O) groups excluding carboxylic acids is 1. The summed E-state index contributed by atoms with van der Waals surface area (Å²) >= 11 is 0. The van der Waals surface area contributed by atoms with Crippen molar-refractivity contribution in [3.8, 4) is 0 Å². The lowest BCUT2D eigenvalue weighted by Crippen LogP contribution is -2.39. The van der Waals surface area contributed by atoms with Gasteiger partial charge >= 0.3 is 6.03 Å². The molecule has 0 bridgehead atoms. The smallest absolute Gasteiger partial charge is 0.319 e. The van der Waals surface area contributed by atoms with Gasteiger partial charge in [-0.05, 0) is 49.3 Å². The van der Waals surface area contributed by atoms with Gasteiger partial charge in [-0.1, -0.05) is 32.0 Å². The van der Waals surface area contributed by atoms with E-state index in [1.807, 2.05) is 49.3 Å². The number of anilines is 1. The highest BCUT2D eigenvalue weighted by atomic mass is 16.2. The van der Waals surface area contributed by atoms with E-state index < -0.39 is 0 Å². The number of carbonyl (C=O) groups is 1. The van der Waals surface area contributed by atoms with Crippen LogP contribution in [0, 0.1) is 0 Å². The predicted molar refractivity (Wildman–Crippen MR) is 103 cm³/mol. The minimum Gasteiger partial charge on any atom is -0.319 e. The van der Waals surface area contributed by atoms with Crippen LogP contribution in [0.25, 0.3) is 0 Å². The van der Waals surface area contributed by atoms with Gasteiger partial charge in [0.15, 0.2) is 0 Å². The molecule has 0 unspecified atom stereocenters. The molecule has 5 nitrogen and oxygen atoms in total. The molecule has 0 saturated heterocycles. The first-order valence-corrected chi connectivity index (χ1v) is 8.65. The molecule has 1 heterocycles. The van der Waals surface area contributed by atoms with E-state index in [-0.39, 0.29) is 6.03 Å². The topological polar surface area (TPSA) is 48.5 Å². The SMILES string of the molecule is CC(C)c1cccc(NC(=O)N(CCN(C)C)Cc2cccnc2)c1. The molecule has 0 radical (unpaired) electrons. The zero-order valence-corrected chi connectivity index (χ0v) is 15.6. The third-order valence-electron chi connectivity index (χ3n) is 4.01. The molecule has 2 aromatic rings. The van der Waals surface area contributed by atoms with Gasteiger partial charge in [0.1, 0.15) is 0 Å². The van der Waals surface area contributed by atoms with Crippen molar-refractivity contribution in [1.29, 1.82) is 0 Å². The van der Waals surface area contributed by atoms with Gasteiger partial charge in [0.05, 0.1) is 0 Å². The van der Waals surface area contributed by atoms with Crippen molar-refractivity contribution in [2.24, 2.45) is 0 Å². The molecular formula is C20H28N4O. The zero-order valence-electron chi connectivity index (χ0n) is 15.6. The molecule has 0 aliphatic carbocycles. The molecule has 0 aliphatic rings. The first-order chi connectivity index (χ1) is 12.0. The molecular weight excluding hydrogens is 312 g/mol. The van der Waals surface area contributed by atoms with E-state index in [1.165, 1.54) is 5.56 Å². The fourth-order valence-corrected chi connectivity index (χ4v) is 2.46. The van der Waals surface area contributed by atoms with E-state index in [0.717, 1.165) is 17.8 Å². The number of benzene rings is 1. The third-order valence-corrected chi connectivity index (χ3v) is 4.01. The molecule has 25 heavy (non-hydrogen) atoms. The Morgan fingerprint density at radius 1 is 1.16 bits per heavy atom. The Hall–Kier alpha value is -2.40. The number of rotatable bonds is 7. The van der Waals surface area contributed by atoms with Crippen LogP contribution in [0.4, 0.5) is 10.5 Å². The molecule has 0 fully saturated rings. The lowest BCUT2D eigenvalue weighted by molar-refractivity contribution is 0.202. The Kier molecular flexibility index (Phi) is 6.95. The first-order valence-electron chi connectivity index (χ1n) is 8.65. The monoisotopic (exact) mass is 340 g/mol. The molecule has 1 aromatic heterocycles. The molecule has 1 aromatic carbocycles. The summed E-state index contributed by atoms with van der Waals surface area (Å²) < 4.78 is 0. The van der Waals surface area contributed by atoms with Crippen molar-refractivity contribution in [2.75, 3.05) is 32.5 Å². The Labute approximate surface area is 150 Å². The molecule has 5 heteroatoms. The Morgan fingerprint density at radius 2 is 1.96 bits per heavy atom. The van der Waals surface area contributed by atoms with Gasteiger partial charge < -0.3 is 15.1 Å². The van der Waals surface area contributed by atoms with Crippen LogP contribution in [-0.4, -0.2) is 48.0 Å². The fourth-order valence-electron chi connectivity index (χ4n) is 2.46. The van der Waals surface area contributed by atoms with Gasteiger partial charge in [-0.25, -0.2) is 4.79 Å². The largest absolute Gasteiger partial charge is 0.322 e. The molecule has 0 atom stereocenters. The number of pyridine rings is 1. The quantitative estimate of drug-likeness (QED) is 0.834. The van der Waals surface area contributed by atoms with Crippen molar-refractivity contribution >= 4 is 11.7 Å². The summed E-state index contributed by atoms with van der Waals surface area (Å²) in [5.41, 5.74) is 3.06. The van der Waals surface area contributed by atoms with Crippen molar-refractivity contribution in [3.05, 3.63) is 59.9 Å². The van der Waals surface area contributed by atoms with Crippen molar-refractivity contribution in [3.63, 3.8) is 0 Å². The highest BCUT2D eigenvalue weighted by Gasteiger charge is 2.15. The standard InChI is InChI=1S/C20H28N4O/c1-16(2)18-8-5-9-19(13-18)22-20(25)24(12-11-23(3)4)15-17-7-6-10-21-14-17/h5-10,13-14,16H,11-12,15H2,1-4H3,(H,22,25). The van der Waals surface area contributed by atoms with Crippen molar-refractivity contribution in [2.45, 2.75) is 26.3 Å². The molecule has 2 amide bonds. The Morgan fingerprint density at radius 3 is 2.60 bits per heavy atom. The summed E-state index contributed by atoms with van der Waals surface area (Å²) in [7, 11) is 4.01. The number of nitrogens with zero attached hydrogens (tertiary/aromatic N) is 3. The summed E-state index contributed by atoms with van der Waals surface area (Å²) in [6.07, 6.45) is 3.54. The predicted octanol–water partition coefficient (Wildman–Crippen LogP) is 3.80. The lowest BCUT2D eigenvalue weighted by Gasteiger charge is -2.25. The average molecular weight is 340 g/mol. The van der Waals surface area contributed by atoms with E-state index in [0.29, 0.717) is 19.0 Å². The molecule has 2 rings (SSSR count). The van der Waals surface area contributed by atoms with Gasteiger partial charge in [0.25, 0.3) is 0 Å². The number of urea groups is 1. The van der Waals surface area contributed by atoms with E-state index in [9.17, 15) is 4.79 Å². The number of hydrogen-bond donors (Lipinski definition) is 1. The highest BCUT2D eigenvalue weighted by molar-refractivity contribution is 5.89. The second-order valence-electron chi connectivity index (χ2n) is 6.80. The summed E-state index contributed by atoms with van der Waals surface area (Å²) in [4.78, 5) is 20.8. The molecule has 0 spiro atoms. The first kappa shape index (κ1) is 18.9. The molecule has 134 valence electrons. The van der Waals surface area contributed by atoms with E-state index in [2.05, 4.69) is 35.1 Å². The fraction of sp³-hybridized carbons (Fsp3) is 0.400. The summed E-state index contributed by atoms with van der Waals surface area (Å²) in [5, 5.41) is 3.03. The number of amides is 2. The molecule has 1 N–H and O–H groups in total. The van der Waals surface area contributed by atoms with E-state index in [1.54, 1.807) is 12.4 Å². The van der Waals surface area contributed by atoms with Crippen LogP contribution in [0.1, 0.15) is 30.9 Å². The average Bonchev–Trinajstić information content (AvgIpc) is 2.59. The van der Waals surface area contributed by atoms with Crippen LogP contribution in [0.2, 0.25) is 0 Å². The summed E-state index contributed by atoms with van der Waals surface area (Å²) in [5.74, 6) is 0.428. The normalized spacial score (nSPS) is 11.0. The maximum Gasteiger partial charge on any atom is 0.322 e. The number of hydrogen-bond acceptors (Lipinski definition) is 3. The van der Waals surface area contributed by atoms with E-state index in [4.69, 9.17) is 0 Å². The minimum atomic E-state index is -0.0911. The second kappa shape index (κ2) is 9.18. The van der Waals surface area contributed by atoms with Crippen LogP contribution in [0.15, 0.2) is 48.8 Å². The van der Waals surface area contributed by atoms with Crippen LogP contribution >= 0.6 is 0 Å². The minimum absolute atomic E-state index is 0.0911. The lowest BCUT2D eigenvalue weighted by atomic mass is 10.0. The number of likely N-dealkylation sites (N-methyl/N-ethyl adjacent to an activating group) is 1. The third kappa shape index (κ3) is 6.19. The van der Waals surface area contributed by atoms with Crippen molar-refractivity contribution in [1.82, 2.24) is 14.8 Å². The van der Waals surface area contributed by atoms with Crippen molar-refractivity contribution < 1.29 is 4.79 Å². The van der Waals surface area contributed by atoms with Gasteiger partial charge in [-0.2, -0.15) is 0 Å². The number of nitrogens with one attached hydrogen (secondary N) is 1. The van der Waals surface area contributed by atoms with Crippen LogP contribution < -0.4 is 5.32 Å². The van der Waals surface area contributed by atoms with Crippen LogP contribution in [0.5, 0.6) is 0 Å². The van der Waals surface area contributed by atoms with Gasteiger partial charge in [-0.15, -0.1) is 0 Å². The second-order valence-corrected chi connectivity index (χ2v) is 6.80. The number of aromatic nitrogens is 1. The summed E-state index contributed by atoms with van der Waals surface area (Å²) in [6.45, 7) is 6.29. The van der Waals surface area contributed by atoms with Crippen LogP contribution in [-0.2, 0) is 6.54 Å². The maximum atomic E-state index is 12.8. The van der Waals surface area contributed by atoms with E-state index >= 15 is 0 Å². The molecule has 0 saturated carbocycles. The van der Waals surface area contributed by atoms with Gasteiger partial charge in [0.2, 0.25) is 0 Å². The Balaban J connectivity index is 2.09. The highest BCUT2D eigenvalue weighted by Crippen LogP contribution is 2.19.